The summed E-state index contributed by atoms with van der Waals surface area (Å²) in [4.78, 5) is 10.7. The molecule has 0 aliphatic carbocycles. The summed E-state index contributed by atoms with van der Waals surface area (Å²) in [6.07, 6.45) is 0. The predicted molar refractivity (Wildman–Crippen MR) is 71.1 cm³/mol. The Kier molecular flexibility index (Phi) is 12.6. The molecule has 0 saturated heterocycles. The standard InChI is InChI=1S/C8H18O2Si.C4H10O/c1-5-11(6-2,7-3)10-8(4)9;1-3-5-4-2/h5-7H2,1-4H3;3-4H2,1-2H3. The Balaban J connectivity index is 0. The van der Waals surface area contributed by atoms with Crippen LogP contribution in [0.1, 0.15) is 41.5 Å². The maximum absolute atomic E-state index is 10.7. The molecule has 0 heterocycles. The third-order valence-electron chi connectivity index (χ3n) is 2.70. The molecule has 3 nitrogen and oxygen atoms in total. The van der Waals surface area contributed by atoms with Gasteiger partial charge in [0, 0.05) is 20.1 Å². The largest absolute Gasteiger partial charge is 0.519 e. The van der Waals surface area contributed by atoms with E-state index in [2.05, 4.69) is 20.8 Å². The van der Waals surface area contributed by atoms with Crippen LogP contribution in [0.15, 0.2) is 0 Å². The van der Waals surface area contributed by atoms with Crippen LogP contribution in [0, 0.1) is 0 Å². The molecule has 0 aliphatic rings. The Labute approximate surface area is 102 Å². The highest BCUT2D eigenvalue weighted by molar-refractivity contribution is 6.74. The summed E-state index contributed by atoms with van der Waals surface area (Å²) in [5.74, 6) is -0.109. The van der Waals surface area contributed by atoms with Crippen molar-refractivity contribution in [1.82, 2.24) is 0 Å². The van der Waals surface area contributed by atoms with Crippen LogP contribution in [-0.4, -0.2) is 27.5 Å². The second kappa shape index (κ2) is 11.1. The Morgan fingerprint density at radius 3 is 1.38 bits per heavy atom. The van der Waals surface area contributed by atoms with Crippen molar-refractivity contribution in [2.45, 2.75) is 59.7 Å². The smallest absolute Gasteiger partial charge is 0.289 e. The monoisotopic (exact) mass is 248 g/mol. The van der Waals surface area contributed by atoms with E-state index in [1.807, 2.05) is 13.8 Å². The molecule has 0 radical (unpaired) electrons. The van der Waals surface area contributed by atoms with Crippen molar-refractivity contribution >= 4 is 14.3 Å². The maximum atomic E-state index is 10.7. The second-order valence-corrected chi connectivity index (χ2v) is 8.31. The van der Waals surface area contributed by atoms with Crippen molar-refractivity contribution in [3.63, 3.8) is 0 Å². The maximum Gasteiger partial charge on any atom is 0.289 e. The van der Waals surface area contributed by atoms with Crippen molar-refractivity contribution in [3.05, 3.63) is 0 Å². The van der Waals surface area contributed by atoms with Crippen LogP contribution in [0.3, 0.4) is 0 Å². The zero-order valence-electron chi connectivity index (χ0n) is 11.8. The lowest BCUT2D eigenvalue weighted by Gasteiger charge is -2.26. The molecule has 0 spiro atoms. The minimum absolute atomic E-state index is 0.109. The van der Waals surface area contributed by atoms with Crippen LogP contribution in [0.5, 0.6) is 0 Å². The van der Waals surface area contributed by atoms with Gasteiger partial charge in [-0.1, -0.05) is 20.8 Å². The van der Waals surface area contributed by atoms with Gasteiger partial charge in [0.25, 0.3) is 14.3 Å². The van der Waals surface area contributed by atoms with Crippen molar-refractivity contribution in [2.24, 2.45) is 0 Å². The van der Waals surface area contributed by atoms with E-state index in [1.165, 1.54) is 6.92 Å². The summed E-state index contributed by atoms with van der Waals surface area (Å²) in [6.45, 7) is 13.5. The van der Waals surface area contributed by atoms with Gasteiger partial charge in [-0.2, -0.15) is 0 Å². The first kappa shape index (κ1) is 18.0. The Morgan fingerprint density at radius 2 is 1.31 bits per heavy atom. The minimum atomic E-state index is -1.63. The molecule has 0 N–H and O–H groups in total. The number of carbonyl (C=O) groups excluding carboxylic acids is 1. The molecular weight excluding hydrogens is 220 g/mol. The molecule has 0 aromatic heterocycles. The highest BCUT2D eigenvalue weighted by Gasteiger charge is 2.31. The van der Waals surface area contributed by atoms with E-state index in [0.717, 1.165) is 31.3 Å². The lowest BCUT2D eigenvalue weighted by molar-refractivity contribution is -0.132. The highest BCUT2D eigenvalue weighted by Crippen LogP contribution is 2.21. The third-order valence-corrected chi connectivity index (χ3v) is 7.29. The SMILES string of the molecule is CCOCC.CC[Si](CC)(CC)OC(C)=O. The Hall–Kier alpha value is -0.353. The van der Waals surface area contributed by atoms with Crippen LogP contribution in [-0.2, 0) is 14.0 Å². The molecule has 0 fully saturated rings. The quantitative estimate of drug-likeness (QED) is 0.674. The molecule has 0 aromatic carbocycles. The molecule has 98 valence electrons. The van der Waals surface area contributed by atoms with Gasteiger partial charge in [-0.25, -0.2) is 0 Å². The van der Waals surface area contributed by atoms with Crippen LogP contribution < -0.4 is 0 Å². The summed E-state index contributed by atoms with van der Waals surface area (Å²) in [7, 11) is -1.63. The molecule has 0 aromatic rings. The van der Waals surface area contributed by atoms with Gasteiger partial charge in [-0.15, -0.1) is 0 Å². The van der Waals surface area contributed by atoms with E-state index in [-0.39, 0.29) is 5.97 Å². The number of rotatable bonds is 6. The molecule has 0 saturated carbocycles. The van der Waals surface area contributed by atoms with Gasteiger partial charge in [0.1, 0.15) is 0 Å². The Morgan fingerprint density at radius 1 is 0.938 bits per heavy atom. The van der Waals surface area contributed by atoms with Crippen LogP contribution in [0.4, 0.5) is 0 Å². The average molecular weight is 248 g/mol. The number of hydrogen-bond donors (Lipinski definition) is 0. The topological polar surface area (TPSA) is 35.5 Å². The van der Waals surface area contributed by atoms with E-state index in [4.69, 9.17) is 9.16 Å². The summed E-state index contributed by atoms with van der Waals surface area (Å²) < 4.78 is 10.2. The molecule has 0 rings (SSSR count). The summed E-state index contributed by atoms with van der Waals surface area (Å²) in [5.41, 5.74) is 0. The van der Waals surface area contributed by atoms with E-state index < -0.39 is 8.32 Å². The molecule has 0 unspecified atom stereocenters. The number of hydrogen-bond acceptors (Lipinski definition) is 3. The van der Waals surface area contributed by atoms with Gasteiger partial charge in [0.2, 0.25) is 0 Å². The fourth-order valence-corrected chi connectivity index (χ4v) is 4.02. The van der Waals surface area contributed by atoms with Gasteiger partial charge >= 0.3 is 0 Å². The van der Waals surface area contributed by atoms with Crippen molar-refractivity contribution in [1.29, 1.82) is 0 Å². The normalized spacial score (nSPS) is 10.4. The third kappa shape index (κ3) is 8.92. The first-order chi connectivity index (χ1) is 7.51. The molecular formula is C12H28O3Si. The van der Waals surface area contributed by atoms with Crippen molar-refractivity contribution in [3.8, 4) is 0 Å². The van der Waals surface area contributed by atoms with Crippen molar-refractivity contribution < 1.29 is 14.0 Å². The van der Waals surface area contributed by atoms with E-state index in [9.17, 15) is 4.79 Å². The van der Waals surface area contributed by atoms with Gasteiger partial charge in [0.05, 0.1) is 0 Å². The zero-order valence-corrected chi connectivity index (χ0v) is 12.8. The number of carbonyl (C=O) groups is 1. The predicted octanol–water partition coefficient (Wildman–Crippen LogP) is 3.60. The summed E-state index contributed by atoms with van der Waals surface area (Å²) in [6, 6.07) is 3.12. The van der Waals surface area contributed by atoms with Crippen LogP contribution >= 0.6 is 0 Å². The number of ether oxygens (including phenoxy) is 1. The fourth-order valence-electron chi connectivity index (χ4n) is 1.48. The molecule has 4 heteroatoms. The van der Waals surface area contributed by atoms with Gasteiger partial charge in [0.15, 0.2) is 0 Å². The van der Waals surface area contributed by atoms with E-state index >= 15 is 0 Å². The van der Waals surface area contributed by atoms with Gasteiger partial charge in [-0.3, -0.25) is 4.79 Å². The lowest BCUT2D eigenvalue weighted by atomic mass is 10.8. The second-order valence-electron chi connectivity index (χ2n) is 3.62. The van der Waals surface area contributed by atoms with Crippen LogP contribution in [0.25, 0.3) is 0 Å². The van der Waals surface area contributed by atoms with Crippen LogP contribution in [0.2, 0.25) is 18.1 Å². The van der Waals surface area contributed by atoms with Gasteiger partial charge in [-0.05, 0) is 32.0 Å². The molecule has 0 amide bonds. The summed E-state index contributed by atoms with van der Waals surface area (Å²) >= 11 is 0. The first-order valence-corrected chi connectivity index (χ1v) is 8.82. The highest BCUT2D eigenvalue weighted by atomic mass is 28.4. The Bertz CT molecular complexity index is 157. The fraction of sp³-hybridized carbons (Fsp3) is 0.917. The molecule has 0 atom stereocenters. The molecule has 16 heavy (non-hydrogen) atoms. The minimum Gasteiger partial charge on any atom is -0.519 e. The van der Waals surface area contributed by atoms with E-state index in [1.54, 1.807) is 0 Å². The summed E-state index contributed by atoms with van der Waals surface area (Å²) in [5, 5.41) is 0. The van der Waals surface area contributed by atoms with Crippen molar-refractivity contribution in [2.75, 3.05) is 13.2 Å². The lowest BCUT2D eigenvalue weighted by Crippen LogP contribution is -2.37. The van der Waals surface area contributed by atoms with Gasteiger partial charge < -0.3 is 9.16 Å². The molecule has 0 aliphatic heterocycles. The average Bonchev–Trinajstić information content (AvgIpc) is 2.28. The first-order valence-electron chi connectivity index (χ1n) is 6.29. The molecule has 0 bridgehead atoms. The van der Waals surface area contributed by atoms with E-state index in [0.29, 0.717) is 0 Å². The zero-order chi connectivity index (χ0) is 13.0.